The second-order valence-electron chi connectivity index (χ2n) is 9.44. The lowest BCUT2D eigenvalue weighted by molar-refractivity contribution is -0.0161. The van der Waals surface area contributed by atoms with E-state index >= 15 is 0 Å². The zero-order chi connectivity index (χ0) is 28.6. The van der Waals surface area contributed by atoms with Gasteiger partial charge in [0, 0.05) is 19.2 Å². The Morgan fingerprint density at radius 2 is 1.69 bits per heavy atom. The smallest absolute Gasteiger partial charge is 0.258 e. The predicted molar refractivity (Wildman–Crippen MR) is 145 cm³/mol. The van der Waals surface area contributed by atoms with Crippen LogP contribution in [0.2, 0.25) is 0 Å². The van der Waals surface area contributed by atoms with E-state index in [1.807, 2.05) is 0 Å². The number of nitrogens with zero attached hydrogens (tertiary/aromatic N) is 1. The summed E-state index contributed by atoms with van der Waals surface area (Å²) in [4.78, 5) is 12.9. The summed E-state index contributed by atoms with van der Waals surface area (Å²) in [5.74, 6) is -0.822. The van der Waals surface area contributed by atoms with Gasteiger partial charge in [0.1, 0.15) is 11.4 Å². The van der Waals surface area contributed by atoms with Crippen molar-refractivity contribution in [3.05, 3.63) is 101 Å². The molecule has 0 aliphatic carbocycles. The normalized spacial score (nSPS) is 13.2. The van der Waals surface area contributed by atoms with Crippen molar-refractivity contribution < 1.29 is 31.1 Å². The molecule has 3 aromatic rings. The first-order valence-corrected chi connectivity index (χ1v) is 14.0. The Labute approximate surface area is 226 Å². The van der Waals surface area contributed by atoms with E-state index in [1.54, 1.807) is 42.5 Å². The molecule has 1 atom stereocenters. The van der Waals surface area contributed by atoms with Gasteiger partial charge in [-0.05, 0) is 59.9 Å². The lowest BCUT2D eigenvalue weighted by Gasteiger charge is -2.28. The van der Waals surface area contributed by atoms with Crippen molar-refractivity contribution in [1.82, 2.24) is 5.32 Å². The topological polar surface area (TPSA) is 102 Å². The molecule has 0 fully saturated rings. The van der Waals surface area contributed by atoms with Crippen molar-refractivity contribution in [3.63, 3.8) is 0 Å². The molecule has 0 aromatic heterocycles. The standard InChI is InChI=1S/C28H32F3N3O4S/c1-34(39(2,36)37)25-15-22(18-38-19-28(32,27(30)31)17-21-6-4-3-5-7-21)14-23(16-25)26(35)33-13-12-20-8-10-24(29)11-9-20/h3-11,14-16,27H,12-13,17-19,32H2,1-2H3,(H,33,35). The van der Waals surface area contributed by atoms with E-state index < -0.39 is 34.5 Å². The fourth-order valence-electron chi connectivity index (χ4n) is 3.86. The highest BCUT2D eigenvalue weighted by Gasteiger charge is 2.36. The van der Waals surface area contributed by atoms with Crippen molar-refractivity contribution in [1.29, 1.82) is 0 Å². The van der Waals surface area contributed by atoms with E-state index in [1.165, 1.54) is 37.4 Å². The van der Waals surface area contributed by atoms with Crippen LogP contribution in [0.1, 0.15) is 27.0 Å². The van der Waals surface area contributed by atoms with Crippen LogP contribution in [0.5, 0.6) is 0 Å². The molecule has 0 heterocycles. The summed E-state index contributed by atoms with van der Waals surface area (Å²) >= 11 is 0. The van der Waals surface area contributed by atoms with Crippen LogP contribution >= 0.6 is 0 Å². The predicted octanol–water partition coefficient (Wildman–Crippen LogP) is 3.92. The number of halogens is 3. The van der Waals surface area contributed by atoms with Gasteiger partial charge in [0.15, 0.2) is 0 Å². The van der Waals surface area contributed by atoms with Crippen LogP contribution < -0.4 is 15.4 Å². The molecule has 0 saturated heterocycles. The van der Waals surface area contributed by atoms with E-state index in [4.69, 9.17) is 10.5 Å². The third-order valence-corrected chi connectivity index (χ3v) is 7.37. The summed E-state index contributed by atoms with van der Waals surface area (Å²) in [7, 11) is -2.31. The number of nitrogens with two attached hydrogens (primary N) is 1. The highest BCUT2D eigenvalue weighted by Crippen LogP contribution is 2.23. The number of hydrogen-bond donors (Lipinski definition) is 2. The maximum absolute atomic E-state index is 13.9. The third kappa shape index (κ3) is 8.81. The summed E-state index contributed by atoms with van der Waals surface area (Å²) in [5, 5.41) is 2.76. The number of nitrogens with one attached hydrogen (secondary N) is 1. The summed E-state index contributed by atoms with van der Waals surface area (Å²) in [5.41, 5.74) is 6.32. The van der Waals surface area contributed by atoms with E-state index in [0.29, 0.717) is 17.5 Å². The Bertz CT molecular complexity index is 1360. The molecule has 1 amide bonds. The number of carbonyl (C=O) groups is 1. The Morgan fingerprint density at radius 1 is 1.03 bits per heavy atom. The number of hydrogen-bond acceptors (Lipinski definition) is 5. The first-order chi connectivity index (χ1) is 18.4. The molecule has 3 N–H and O–H groups in total. The van der Waals surface area contributed by atoms with Gasteiger partial charge >= 0.3 is 0 Å². The van der Waals surface area contributed by atoms with Gasteiger partial charge in [0.2, 0.25) is 10.0 Å². The molecule has 3 aromatic carbocycles. The minimum Gasteiger partial charge on any atom is -0.375 e. The van der Waals surface area contributed by atoms with Gasteiger partial charge in [-0.2, -0.15) is 0 Å². The van der Waals surface area contributed by atoms with Gasteiger partial charge in [-0.1, -0.05) is 42.5 Å². The second kappa shape index (κ2) is 13.1. The molecule has 210 valence electrons. The number of benzene rings is 3. The molecule has 0 saturated carbocycles. The summed E-state index contributed by atoms with van der Waals surface area (Å²) < 4.78 is 71.7. The van der Waals surface area contributed by atoms with Crippen molar-refractivity contribution in [2.45, 2.75) is 31.4 Å². The Balaban J connectivity index is 1.74. The number of anilines is 1. The zero-order valence-corrected chi connectivity index (χ0v) is 22.6. The average molecular weight is 564 g/mol. The number of carbonyl (C=O) groups excluding carboxylic acids is 1. The zero-order valence-electron chi connectivity index (χ0n) is 21.7. The second-order valence-corrected chi connectivity index (χ2v) is 11.5. The van der Waals surface area contributed by atoms with Crippen LogP contribution in [0.3, 0.4) is 0 Å². The van der Waals surface area contributed by atoms with Gasteiger partial charge in [0.05, 0.1) is 25.2 Å². The maximum atomic E-state index is 13.9. The first kappa shape index (κ1) is 30.1. The van der Waals surface area contributed by atoms with Gasteiger partial charge in [-0.15, -0.1) is 0 Å². The molecule has 39 heavy (non-hydrogen) atoms. The maximum Gasteiger partial charge on any atom is 0.258 e. The fraction of sp³-hybridized carbons (Fsp3) is 0.321. The molecule has 11 heteroatoms. The van der Waals surface area contributed by atoms with Crippen LogP contribution in [0.4, 0.5) is 18.9 Å². The first-order valence-electron chi connectivity index (χ1n) is 12.2. The number of amides is 1. The number of alkyl halides is 2. The number of ether oxygens (including phenoxy) is 1. The van der Waals surface area contributed by atoms with E-state index in [2.05, 4.69) is 5.32 Å². The third-order valence-electron chi connectivity index (χ3n) is 6.16. The largest absolute Gasteiger partial charge is 0.375 e. The van der Waals surface area contributed by atoms with Crippen molar-refractivity contribution >= 4 is 21.6 Å². The lowest BCUT2D eigenvalue weighted by Crippen LogP contribution is -2.53. The molecule has 0 aliphatic heterocycles. The molecule has 0 aliphatic rings. The Hall–Kier alpha value is -3.41. The summed E-state index contributed by atoms with van der Waals surface area (Å²) in [6, 6.07) is 19.0. The summed E-state index contributed by atoms with van der Waals surface area (Å²) in [6.07, 6.45) is -1.49. The monoisotopic (exact) mass is 563 g/mol. The Kier molecular flexibility index (Phi) is 10.1. The lowest BCUT2D eigenvalue weighted by atomic mass is 9.93. The molecule has 0 radical (unpaired) electrons. The Morgan fingerprint density at radius 3 is 2.31 bits per heavy atom. The fourth-order valence-corrected chi connectivity index (χ4v) is 4.35. The summed E-state index contributed by atoms with van der Waals surface area (Å²) in [6.45, 7) is -0.390. The van der Waals surface area contributed by atoms with Crippen LogP contribution in [-0.2, 0) is 34.2 Å². The van der Waals surface area contributed by atoms with Gasteiger partial charge in [0.25, 0.3) is 12.3 Å². The van der Waals surface area contributed by atoms with Gasteiger partial charge in [-0.3, -0.25) is 9.10 Å². The van der Waals surface area contributed by atoms with E-state index in [-0.39, 0.29) is 36.6 Å². The van der Waals surface area contributed by atoms with Crippen molar-refractivity contribution in [2.75, 3.05) is 30.8 Å². The molecular formula is C28H32F3N3O4S. The molecule has 3 rings (SSSR count). The van der Waals surface area contributed by atoms with Crippen LogP contribution in [0.25, 0.3) is 0 Å². The minimum absolute atomic E-state index is 0.107. The molecular weight excluding hydrogens is 531 g/mol. The van der Waals surface area contributed by atoms with E-state index in [9.17, 15) is 26.4 Å². The number of rotatable bonds is 13. The van der Waals surface area contributed by atoms with Crippen LogP contribution in [0, 0.1) is 5.82 Å². The highest BCUT2D eigenvalue weighted by atomic mass is 32.2. The molecule has 0 spiro atoms. The van der Waals surface area contributed by atoms with Gasteiger partial charge < -0.3 is 15.8 Å². The van der Waals surface area contributed by atoms with Crippen LogP contribution in [0.15, 0.2) is 72.8 Å². The van der Waals surface area contributed by atoms with Gasteiger partial charge in [-0.25, -0.2) is 21.6 Å². The molecule has 0 bridgehead atoms. The average Bonchev–Trinajstić information content (AvgIpc) is 2.89. The SMILES string of the molecule is CN(c1cc(COCC(N)(Cc2ccccc2)C(F)F)cc(C(=O)NCCc2ccc(F)cc2)c1)S(C)(=O)=O. The number of sulfonamides is 1. The minimum atomic E-state index is -3.65. The van der Waals surface area contributed by atoms with Crippen LogP contribution in [-0.4, -0.2) is 52.7 Å². The van der Waals surface area contributed by atoms with Crippen molar-refractivity contribution in [3.8, 4) is 0 Å². The van der Waals surface area contributed by atoms with E-state index in [0.717, 1.165) is 16.1 Å². The highest BCUT2D eigenvalue weighted by molar-refractivity contribution is 7.92. The quantitative estimate of drug-likeness (QED) is 0.328. The van der Waals surface area contributed by atoms with Crippen molar-refractivity contribution in [2.24, 2.45) is 5.73 Å². The molecule has 1 unspecified atom stereocenters. The molecule has 7 nitrogen and oxygen atoms in total.